The third kappa shape index (κ3) is 4.61. The summed E-state index contributed by atoms with van der Waals surface area (Å²) in [5.41, 5.74) is 1.84. The Morgan fingerprint density at radius 1 is 0.950 bits per heavy atom. The van der Waals surface area contributed by atoms with Gasteiger partial charge in [-0.15, -0.1) is 0 Å². The number of benzene rings is 3. The zero-order chi connectivity index (χ0) is 28.0. The second-order valence-corrected chi connectivity index (χ2v) is 11.9. The topological polar surface area (TPSA) is 97.7 Å². The van der Waals surface area contributed by atoms with Gasteiger partial charge in [0, 0.05) is 21.5 Å². The Balaban J connectivity index is 1.37. The van der Waals surface area contributed by atoms with E-state index in [2.05, 4.69) is 5.32 Å². The van der Waals surface area contributed by atoms with Gasteiger partial charge in [0.15, 0.2) is 0 Å². The molecule has 3 amide bonds. The van der Waals surface area contributed by atoms with Gasteiger partial charge in [0.25, 0.3) is 0 Å². The zero-order valence-corrected chi connectivity index (χ0v) is 23.5. The molecule has 1 fully saturated rings. The predicted molar refractivity (Wildman–Crippen MR) is 156 cm³/mol. The average molecular weight is 592 g/mol. The van der Waals surface area contributed by atoms with Gasteiger partial charge in [-0.1, -0.05) is 65.0 Å². The Kier molecular flexibility index (Phi) is 6.99. The van der Waals surface area contributed by atoms with Gasteiger partial charge in [0.2, 0.25) is 17.7 Å². The number of imide groups is 1. The molecule has 3 aromatic carbocycles. The van der Waals surface area contributed by atoms with Crippen LogP contribution in [0.2, 0.25) is 5.02 Å². The lowest BCUT2D eigenvalue weighted by atomic mass is 9.83. The third-order valence-electron chi connectivity index (χ3n) is 6.97. The van der Waals surface area contributed by atoms with Crippen LogP contribution in [0, 0.1) is 5.92 Å². The van der Waals surface area contributed by atoms with Crippen molar-refractivity contribution >= 4 is 63.8 Å². The molecule has 1 aromatic heterocycles. The summed E-state index contributed by atoms with van der Waals surface area (Å²) in [5.74, 6) is -1.64. The lowest BCUT2D eigenvalue weighted by Gasteiger charge is -2.30. The van der Waals surface area contributed by atoms with E-state index in [1.807, 2.05) is 30.3 Å². The van der Waals surface area contributed by atoms with Crippen LogP contribution < -0.4 is 19.8 Å². The van der Waals surface area contributed by atoms with Gasteiger partial charge in [-0.25, -0.2) is 4.90 Å². The molecule has 202 valence electrons. The van der Waals surface area contributed by atoms with E-state index in [-0.39, 0.29) is 29.1 Å². The van der Waals surface area contributed by atoms with Crippen molar-refractivity contribution in [2.24, 2.45) is 5.92 Å². The first-order chi connectivity index (χ1) is 19.4. The summed E-state index contributed by atoms with van der Waals surface area (Å²) in [5, 5.41) is 3.08. The molecule has 0 radical (unpaired) electrons. The Bertz CT molecular complexity index is 1670. The summed E-state index contributed by atoms with van der Waals surface area (Å²) in [6, 6.07) is 22.8. The second kappa shape index (κ2) is 10.6. The maximum absolute atomic E-state index is 13.9. The second-order valence-electron chi connectivity index (χ2n) is 9.34. The first kappa shape index (κ1) is 26.4. The number of amides is 3. The number of rotatable bonds is 6. The molecule has 40 heavy (non-hydrogen) atoms. The van der Waals surface area contributed by atoms with Gasteiger partial charge in [-0.2, -0.15) is 0 Å². The average Bonchev–Trinajstić information content (AvgIpc) is 3.40. The van der Waals surface area contributed by atoms with Crippen LogP contribution in [0.3, 0.4) is 0 Å². The molecule has 3 heterocycles. The van der Waals surface area contributed by atoms with Crippen LogP contribution in [0.1, 0.15) is 16.4 Å². The van der Waals surface area contributed by atoms with E-state index in [1.54, 1.807) is 55.6 Å². The number of methoxy groups -OCH3 is 1. The SMILES string of the molecule is COc1ccc(NC(=O)Cn2c3c(sc2=O)[C@@H](c2ccccc2)C2C(=O)N(c4ccc(Cl)cc4)C(=O)C2S3)cc1. The van der Waals surface area contributed by atoms with Gasteiger partial charge in [0.05, 0.1) is 23.7 Å². The largest absolute Gasteiger partial charge is 0.497 e. The van der Waals surface area contributed by atoms with Crippen LogP contribution in [-0.4, -0.2) is 34.6 Å². The first-order valence-corrected chi connectivity index (χ1v) is 14.5. The highest BCUT2D eigenvalue weighted by molar-refractivity contribution is 8.00. The molecule has 0 saturated carbocycles. The van der Waals surface area contributed by atoms with Crippen molar-refractivity contribution in [3.8, 4) is 5.75 Å². The van der Waals surface area contributed by atoms with E-state index in [0.29, 0.717) is 32.1 Å². The van der Waals surface area contributed by atoms with Gasteiger partial charge in [-0.05, 0) is 54.1 Å². The summed E-state index contributed by atoms with van der Waals surface area (Å²) in [7, 11) is 1.56. The van der Waals surface area contributed by atoms with Crippen molar-refractivity contribution in [2.75, 3.05) is 17.3 Å². The van der Waals surface area contributed by atoms with Crippen molar-refractivity contribution in [3.63, 3.8) is 0 Å². The van der Waals surface area contributed by atoms with E-state index < -0.39 is 17.1 Å². The monoisotopic (exact) mass is 591 g/mol. The van der Waals surface area contributed by atoms with E-state index >= 15 is 0 Å². The molecule has 3 atom stereocenters. The number of carbonyl (C=O) groups excluding carboxylic acids is 3. The van der Waals surface area contributed by atoms with Gasteiger partial charge >= 0.3 is 4.87 Å². The van der Waals surface area contributed by atoms with E-state index in [0.717, 1.165) is 16.9 Å². The van der Waals surface area contributed by atoms with Crippen molar-refractivity contribution < 1.29 is 19.1 Å². The molecule has 2 aliphatic rings. The normalized spacial score (nSPS) is 19.8. The number of anilines is 2. The molecule has 2 unspecified atom stereocenters. The van der Waals surface area contributed by atoms with Gasteiger partial charge in [-0.3, -0.25) is 23.7 Å². The maximum atomic E-state index is 13.9. The molecule has 4 aromatic rings. The number of carbonyl (C=O) groups is 3. The van der Waals surface area contributed by atoms with Crippen LogP contribution >= 0.6 is 34.7 Å². The summed E-state index contributed by atoms with van der Waals surface area (Å²) >= 11 is 8.23. The van der Waals surface area contributed by atoms with Crippen LogP contribution in [0.5, 0.6) is 5.75 Å². The minimum Gasteiger partial charge on any atom is -0.497 e. The number of nitrogens with zero attached hydrogens (tertiary/aromatic N) is 2. The highest BCUT2D eigenvalue weighted by Crippen LogP contribution is 2.53. The lowest BCUT2D eigenvalue weighted by molar-refractivity contribution is -0.122. The van der Waals surface area contributed by atoms with Crippen LogP contribution in [0.25, 0.3) is 0 Å². The van der Waals surface area contributed by atoms with Crippen molar-refractivity contribution in [1.82, 2.24) is 4.57 Å². The van der Waals surface area contributed by atoms with Crippen LogP contribution in [-0.2, 0) is 20.9 Å². The lowest BCUT2D eigenvalue weighted by Crippen LogP contribution is -2.33. The highest BCUT2D eigenvalue weighted by atomic mass is 35.5. The van der Waals surface area contributed by atoms with Crippen molar-refractivity contribution in [3.05, 3.63) is 104 Å². The molecule has 6 rings (SSSR count). The summed E-state index contributed by atoms with van der Waals surface area (Å²) < 4.78 is 6.56. The molecule has 8 nitrogen and oxygen atoms in total. The van der Waals surface area contributed by atoms with Gasteiger partial charge < -0.3 is 10.1 Å². The summed E-state index contributed by atoms with van der Waals surface area (Å²) in [6.07, 6.45) is 0. The number of hydrogen-bond donors (Lipinski definition) is 1. The smallest absolute Gasteiger partial charge is 0.308 e. The van der Waals surface area contributed by atoms with E-state index in [9.17, 15) is 19.2 Å². The summed E-state index contributed by atoms with van der Waals surface area (Å²) in [6.45, 7) is -0.231. The Hall–Kier alpha value is -3.86. The van der Waals surface area contributed by atoms with E-state index in [1.165, 1.54) is 21.2 Å². The standard InChI is InChI=1S/C29H22ClN3O5S2/c1-38-20-13-9-18(10-14-20)31-21(34)15-32-28-25(40-29(32)37)22(16-5-3-2-4-6-16)23-24(39-28)27(36)33(26(23)35)19-11-7-17(30)8-12-19/h2-14,22-24H,15H2,1H3,(H,31,34)/t22-,23?,24?/m0/s1. The van der Waals surface area contributed by atoms with Gasteiger partial charge in [0.1, 0.15) is 17.5 Å². The zero-order valence-electron chi connectivity index (χ0n) is 21.1. The molecular formula is C29H22ClN3O5S2. The molecule has 11 heteroatoms. The Morgan fingerprint density at radius 3 is 2.33 bits per heavy atom. The molecule has 0 bridgehead atoms. The highest BCUT2D eigenvalue weighted by Gasteiger charge is 2.56. The fourth-order valence-electron chi connectivity index (χ4n) is 5.14. The number of nitrogens with one attached hydrogen (secondary N) is 1. The molecule has 1 saturated heterocycles. The van der Waals surface area contributed by atoms with Crippen molar-refractivity contribution in [1.29, 1.82) is 0 Å². The number of aromatic nitrogens is 1. The van der Waals surface area contributed by atoms with Crippen LogP contribution in [0.15, 0.2) is 88.7 Å². The number of hydrogen-bond acceptors (Lipinski definition) is 7. The minimum absolute atomic E-state index is 0.231. The molecular weight excluding hydrogens is 570 g/mol. The Labute approximate surface area is 242 Å². The van der Waals surface area contributed by atoms with Crippen LogP contribution in [0.4, 0.5) is 11.4 Å². The third-order valence-corrected chi connectivity index (χ3v) is 9.82. The maximum Gasteiger partial charge on any atom is 0.308 e. The molecule has 0 spiro atoms. The first-order valence-electron chi connectivity index (χ1n) is 12.4. The number of halogens is 1. The molecule has 1 N–H and O–H groups in total. The number of ether oxygens (including phenoxy) is 1. The molecule has 2 aliphatic heterocycles. The fourth-order valence-corrected chi connectivity index (χ4v) is 8.04. The van der Waals surface area contributed by atoms with E-state index in [4.69, 9.17) is 16.3 Å². The number of thioether (sulfide) groups is 1. The number of fused-ring (bicyclic) bond motifs is 2. The summed E-state index contributed by atoms with van der Waals surface area (Å²) in [4.78, 5) is 55.4. The minimum atomic E-state index is -0.759. The number of thiazole rings is 1. The predicted octanol–water partition coefficient (Wildman–Crippen LogP) is 5.01. The van der Waals surface area contributed by atoms with Crippen molar-refractivity contribution in [2.45, 2.75) is 22.7 Å². The quantitative estimate of drug-likeness (QED) is 0.317. The Morgan fingerprint density at radius 2 is 1.65 bits per heavy atom. The fraction of sp³-hybridized carbons (Fsp3) is 0.172. The molecule has 0 aliphatic carbocycles.